The maximum Gasteiger partial charge on any atom is 0.317 e. The summed E-state index contributed by atoms with van der Waals surface area (Å²) in [6, 6.07) is -0.121. The fourth-order valence-corrected chi connectivity index (χ4v) is 3.27. The predicted molar refractivity (Wildman–Crippen MR) is 81.0 cm³/mol. The van der Waals surface area contributed by atoms with Gasteiger partial charge in [-0.3, -0.25) is 4.79 Å². The van der Waals surface area contributed by atoms with Gasteiger partial charge in [0.15, 0.2) is 0 Å². The quantitative estimate of drug-likeness (QED) is 0.783. The van der Waals surface area contributed by atoms with Crippen LogP contribution in [0.25, 0.3) is 0 Å². The Morgan fingerprint density at radius 2 is 2.19 bits per heavy atom. The van der Waals surface area contributed by atoms with Gasteiger partial charge in [0.1, 0.15) is 0 Å². The molecule has 0 aromatic carbocycles. The molecule has 0 bridgehead atoms. The summed E-state index contributed by atoms with van der Waals surface area (Å²) in [7, 11) is 0. The third kappa shape index (κ3) is 4.76. The first-order chi connectivity index (χ1) is 10.1. The molecule has 2 amide bonds. The molecule has 1 fully saturated rings. The Kier molecular flexibility index (Phi) is 5.65. The largest absolute Gasteiger partial charge is 0.481 e. The van der Waals surface area contributed by atoms with Gasteiger partial charge >= 0.3 is 12.0 Å². The number of nitrogens with one attached hydrogen (secondary N) is 1. The molecule has 2 N–H and O–H groups in total. The normalized spacial score (nSPS) is 26.1. The second kappa shape index (κ2) is 7.48. The van der Waals surface area contributed by atoms with Crippen molar-refractivity contribution >= 4 is 12.0 Å². The fourth-order valence-electron chi connectivity index (χ4n) is 3.27. The van der Waals surface area contributed by atoms with E-state index in [1.165, 1.54) is 18.4 Å². The minimum atomic E-state index is -0.799. The van der Waals surface area contributed by atoms with Crippen molar-refractivity contribution in [1.82, 2.24) is 10.2 Å². The molecule has 2 atom stereocenters. The van der Waals surface area contributed by atoms with Crippen molar-refractivity contribution in [1.29, 1.82) is 0 Å². The number of carboxylic acids is 1. The number of nitrogens with zero attached hydrogens (tertiary/aromatic N) is 1. The van der Waals surface area contributed by atoms with Crippen molar-refractivity contribution in [3.8, 4) is 0 Å². The van der Waals surface area contributed by atoms with Gasteiger partial charge in [-0.2, -0.15) is 0 Å². The molecule has 0 spiro atoms. The number of hydrogen-bond acceptors (Lipinski definition) is 2. The van der Waals surface area contributed by atoms with Gasteiger partial charge in [-0.25, -0.2) is 4.79 Å². The molecule has 118 valence electrons. The first-order valence-electron chi connectivity index (χ1n) is 7.99. The van der Waals surface area contributed by atoms with Crippen LogP contribution in [-0.2, 0) is 4.79 Å². The second-order valence-electron chi connectivity index (χ2n) is 6.37. The van der Waals surface area contributed by atoms with Crippen molar-refractivity contribution in [2.75, 3.05) is 19.6 Å². The topological polar surface area (TPSA) is 69.6 Å². The number of likely N-dealkylation sites (tertiary alicyclic amines) is 1. The summed E-state index contributed by atoms with van der Waals surface area (Å²) in [6.45, 7) is 3.63. The number of hydrogen-bond donors (Lipinski definition) is 2. The van der Waals surface area contributed by atoms with Gasteiger partial charge in [-0.05, 0) is 44.4 Å². The lowest BCUT2D eigenvalue weighted by Crippen LogP contribution is -2.49. The van der Waals surface area contributed by atoms with E-state index in [2.05, 4.69) is 11.4 Å². The van der Waals surface area contributed by atoms with E-state index in [0.717, 1.165) is 19.3 Å². The SMILES string of the molecule is CC1CC(C(=O)O)CN(C(=O)NCCC2=CCCCC2)C1. The zero-order valence-corrected chi connectivity index (χ0v) is 12.8. The molecule has 2 aliphatic rings. The number of amides is 2. The van der Waals surface area contributed by atoms with E-state index in [0.29, 0.717) is 26.1 Å². The second-order valence-corrected chi connectivity index (χ2v) is 6.37. The smallest absolute Gasteiger partial charge is 0.317 e. The molecule has 1 aliphatic heterocycles. The van der Waals surface area contributed by atoms with Crippen molar-refractivity contribution in [3.05, 3.63) is 11.6 Å². The van der Waals surface area contributed by atoms with Crippen LogP contribution in [0.1, 0.15) is 45.4 Å². The van der Waals surface area contributed by atoms with Crippen LogP contribution >= 0.6 is 0 Å². The Balaban J connectivity index is 1.76. The van der Waals surface area contributed by atoms with Crippen LogP contribution in [-0.4, -0.2) is 41.6 Å². The third-order valence-electron chi connectivity index (χ3n) is 4.40. The lowest BCUT2D eigenvalue weighted by molar-refractivity contribution is -0.143. The molecule has 5 heteroatoms. The standard InChI is InChI=1S/C16H26N2O3/c1-12-9-14(15(19)20)11-18(10-12)16(21)17-8-7-13-5-3-2-4-6-13/h5,12,14H,2-4,6-11H2,1H3,(H,17,21)(H,19,20). The monoisotopic (exact) mass is 294 g/mol. The molecule has 0 aromatic heterocycles. The van der Waals surface area contributed by atoms with Crippen LogP contribution in [0.15, 0.2) is 11.6 Å². The summed E-state index contributed by atoms with van der Waals surface area (Å²) in [6.07, 6.45) is 8.70. The number of aliphatic carboxylic acids is 1. The summed E-state index contributed by atoms with van der Waals surface area (Å²) in [5.41, 5.74) is 1.44. The van der Waals surface area contributed by atoms with Crippen LogP contribution in [0.4, 0.5) is 4.79 Å². The lowest BCUT2D eigenvalue weighted by Gasteiger charge is -2.34. The Morgan fingerprint density at radius 3 is 2.86 bits per heavy atom. The number of rotatable bonds is 4. The number of allylic oxidation sites excluding steroid dienone is 1. The van der Waals surface area contributed by atoms with Crippen LogP contribution < -0.4 is 5.32 Å². The molecular weight excluding hydrogens is 268 g/mol. The van der Waals surface area contributed by atoms with Crippen molar-refractivity contribution in [2.24, 2.45) is 11.8 Å². The Labute approximate surface area is 126 Å². The number of urea groups is 1. The molecule has 2 unspecified atom stereocenters. The van der Waals surface area contributed by atoms with Crippen molar-refractivity contribution < 1.29 is 14.7 Å². The zero-order chi connectivity index (χ0) is 15.2. The van der Waals surface area contributed by atoms with Gasteiger partial charge < -0.3 is 15.3 Å². The average molecular weight is 294 g/mol. The van der Waals surface area contributed by atoms with Crippen LogP contribution in [0.2, 0.25) is 0 Å². The first-order valence-corrected chi connectivity index (χ1v) is 7.99. The Hall–Kier alpha value is -1.52. The highest BCUT2D eigenvalue weighted by molar-refractivity contribution is 5.76. The van der Waals surface area contributed by atoms with Crippen molar-refractivity contribution in [2.45, 2.75) is 45.4 Å². The molecule has 1 heterocycles. The van der Waals surface area contributed by atoms with E-state index < -0.39 is 11.9 Å². The number of piperidine rings is 1. The van der Waals surface area contributed by atoms with Gasteiger partial charge in [0.2, 0.25) is 0 Å². The highest BCUT2D eigenvalue weighted by Gasteiger charge is 2.31. The predicted octanol–water partition coefficient (Wildman–Crippen LogP) is 2.63. The van der Waals surface area contributed by atoms with E-state index in [1.807, 2.05) is 6.92 Å². The van der Waals surface area contributed by atoms with Crippen LogP contribution in [0.5, 0.6) is 0 Å². The molecule has 5 nitrogen and oxygen atoms in total. The molecule has 0 saturated carbocycles. The molecular formula is C16H26N2O3. The Bertz CT molecular complexity index is 420. The summed E-state index contributed by atoms with van der Waals surface area (Å²) in [5.74, 6) is -0.987. The van der Waals surface area contributed by atoms with E-state index in [4.69, 9.17) is 5.11 Å². The Morgan fingerprint density at radius 1 is 1.38 bits per heavy atom. The minimum absolute atomic E-state index is 0.121. The van der Waals surface area contributed by atoms with Gasteiger partial charge in [-0.15, -0.1) is 0 Å². The molecule has 2 rings (SSSR count). The summed E-state index contributed by atoms with van der Waals surface area (Å²) in [5, 5.41) is 12.1. The summed E-state index contributed by atoms with van der Waals surface area (Å²) in [4.78, 5) is 24.9. The fraction of sp³-hybridized carbons (Fsp3) is 0.750. The van der Waals surface area contributed by atoms with E-state index in [1.54, 1.807) is 4.90 Å². The first kappa shape index (κ1) is 15.9. The lowest BCUT2D eigenvalue weighted by atomic mass is 9.91. The maximum absolute atomic E-state index is 12.2. The highest BCUT2D eigenvalue weighted by Crippen LogP contribution is 2.22. The van der Waals surface area contributed by atoms with Gasteiger partial charge in [0.05, 0.1) is 5.92 Å². The van der Waals surface area contributed by atoms with Crippen LogP contribution in [0.3, 0.4) is 0 Å². The molecule has 21 heavy (non-hydrogen) atoms. The van der Waals surface area contributed by atoms with E-state index >= 15 is 0 Å². The third-order valence-corrected chi connectivity index (χ3v) is 4.40. The molecule has 1 saturated heterocycles. The maximum atomic E-state index is 12.2. The molecule has 0 aromatic rings. The summed E-state index contributed by atoms with van der Waals surface area (Å²) < 4.78 is 0. The average Bonchev–Trinajstić information content (AvgIpc) is 2.47. The van der Waals surface area contributed by atoms with Gasteiger partial charge in [0.25, 0.3) is 0 Å². The molecule has 1 aliphatic carbocycles. The zero-order valence-electron chi connectivity index (χ0n) is 12.8. The van der Waals surface area contributed by atoms with Crippen LogP contribution in [0, 0.1) is 11.8 Å². The van der Waals surface area contributed by atoms with Crippen molar-refractivity contribution in [3.63, 3.8) is 0 Å². The van der Waals surface area contributed by atoms with Gasteiger partial charge in [0, 0.05) is 19.6 Å². The van der Waals surface area contributed by atoms with E-state index in [-0.39, 0.29) is 11.9 Å². The molecule has 0 radical (unpaired) electrons. The number of carbonyl (C=O) groups is 2. The van der Waals surface area contributed by atoms with Gasteiger partial charge in [-0.1, -0.05) is 18.6 Å². The van der Waals surface area contributed by atoms with E-state index in [9.17, 15) is 9.59 Å². The highest BCUT2D eigenvalue weighted by atomic mass is 16.4. The number of carboxylic acid groups (broad SMARTS) is 1. The number of carbonyl (C=O) groups excluding carboxylic acids is 1. The minimum Gasteiger partial charge on any atom is -0.481 e. The summed E-state index contributed by atoms with van der Waals surface area (Å²) >= 11 is 0.